The van der Waals surface area contributed by atoms with Crippen LogP contribution in [-0.2, 0) is 0 Å². The van der Waals surface area contributed by atoms with Crippen molar-refractivity contribution in [3.05, 3.63) is 272 Å². The van der Waals surface area contributed by atoms with Crippen molar-refractivity contribution in [3.8, 4) is 33.6 Å². The second kappa shape index (κ2) is 17.5. The molecule has 2 heterocycles. The van der Waals surface area contributed by atoms with E-state index in [-0.39, 0.29) is 0 Å². The fourth-order valence-electron chi connectivity index (χ4n) is 9.98. The van der Waals surface area contributed by atoms with Gasteiger partial charge in [-0.1, -0.05) is 194 Å². The van der Waals surface area contributed by atoms with Crippen LogP contribution in [0.5, 0.6) is 0 Å². The van der Waals surface area contributed by atoms with Gasteiger partial charge in [-0.25, -0.2) is 0 Å². The third-order valence-electron chi connectivity index (χ3n) is 13.2. The zero-order valence-electron chi connectivity index (χ0n) is 37.7. The second-order valence-electron chi connectivity index (χ2n) is 17.4. The van der Waals surface area contributed by atoms with Gasteiger partial charge in [-0.15, -0.1) is 0 Å². The molecular formula is C65H47N3. The number of nitrogens with zero attached hydrogens (tertiary/aromatic N) is 3. The van der Waals surface area contributed by atoms with Crippen molar-refractivity contribution in [2.75, 3.05) is 4.90 Å². The van der Waals surface area contributed by atoms with Gasteiger partial charge in [0, 0.05) is 50.0 Å². The highest BCUT2D eigenvalue weighted by Gasteiger charge is 2.21. The number of aromatic nitrogens is 2. The van der Waals surface area contributed by atoms with Crippen LogP contribution in [0, 0.1) is 6.92 Å². The van der Waals surface area contributed by atoms with Crippen molar-refractivity contribution >= 4 is 71.4 Å². The molecule has 0 amide bonds. The molecule has 0 aliphatic heterocycles. The molecule has 0 fully saturated rings. The molecule has 0 unspecified atom stereocenters. The number of anilines is 3. The standard InChI is InChI=1S/C58H39N3.C7H8/c1-4-14-40(15-5-1)42-24-30-47(31-25-42)59(48-32-26-43(27-33-48)41-16-6-2-7-17-41)49-34-28-45-39-50(35-29-44(45)38-49)61-54-22-12-10-20-51(54)52-36-37-56-57(58(52)61)53-21-11-13-23-55(53)60(56)46-18-8-3-9-19-46;1-7-5-3-2-4-6-7/h1-39H;2-6H,1H3. The van der Waals surface area contributed by atoms with Crippen LogP contribution in [0.3, 0.4) is 0 Å². The molecular weight excluding hydrogens is 823 g/mol. The number of aryl methyl sites for hydroxylation is 1. The molecule has 0 spiro atoms. The Kier molecular flexibility index (Phi) is 10.4. The lowest BCUT2D eigenvalue weighted by Gasteiger charge is -2.26. The van der Waals surface area contributed by atoms with E-state index in [0.717, 1.165) is 28.4 Å². The van der Waals surface area contributed by atoms with E-state index in [1.54, 1.807) is 0 Å². The van der Waals surface area contributed by atoms with E-state index < -0.39 is 0 Å². The summed E-state index contributed by atoms with van der Waals surface area (Å²) in [4.78, 5) is 2.36. The zero-order valence-corrected chi connectivity index (χ0v) is 37.7. The summed E-state index contributed by atoms with van der Waals surface area (Å²) in [5, 5.41) is 7.37. The highest BCUT2D eigenvalue weighted by atomic mass is 15.1. The predicted octanol–water partition coefficient (Wildman–Crippen LogP) is 17.8. The number of hydrogen-bond acceptors (Lipinski definition) is 1. The number of rotatable bonds is 7. The molecule has 0 N–H and O–H groups in total. The van der Waals surface area contributed by atoms with Gasteiger partial charge in [0.1, 0.15) is 0 Å². The Bertz CT molecular complexity index is 3790. The third kappa shape index (κ3) is 7.37. The zero-order chi connectivity index (χ0) is 45.4. The summed E-state index contributed by atoms with van der Waals surface area (Å²) >= 11 is 0. The molecule has 13 aromatic rings. The van der Waals surface area contributed by atoms with E-state index in [0.29, 0.717) is 0 Å². The van der Waals surface area contributed by atoms with Crippen LogP contribution >= 0.6 is 0 Å². The molecule has 0 radical (unpaired) electrons. The Morgan fingerprint density at radius 1 is 0.294 bits per heavy atom. The maximum Gasteiger partial charge on any atom is 0.0641 e. The molecule has 13 rings (SSSR count). The number of para-hydroxylation sites is 3. The lowest BCUT2D eigenvalue weighted by atomic mass is 10.0. The molecule has 68 heavy (non-hydrogen) atoms. The SMILES string of the molecule is Cc1ccccc1.c1ccc(-c2ccc(N(c3ccc(-c4ccccc4)cc3)c3ccc4cc(-n5c6ccccc6c6ccc7c(c8ccccc8n7-c7ccccc7)c65)ccc4c3)cc2)cc1. The first-order valence-electron chi connectivity index (χ1n) is 23.3. The summed E-state index contributed by atoms with van der Waals surface area (Å²) < 4.78 is 4.89. The van der Waals surface area contributed by atoms with Crippen LogP contribution < -0.4 is 4.90 Å². The van der Waals surface area contributed by atoms with Crippen LogP contribution in [0.15, 0.2) is 267 Å². The van der Waals surface area contributed by atoms with Gasteiger partial charge < -0.3 is 14.0 Å². The van der Waals surface area contributed by atoms with Crippen LogP contribution in [0.2, 0.25) is 0 Å². The van der Waals surface area contributed by atoms with E-state index in [2.05, 4.69) is 270 Å². The molecule has 3 heteroatoms. The van der Waals surface area contributed by atoms with Crippen LogP contribution in [0.4, 0.5) is 17.1 Å². The van der Waals surface area contributed by atoms with Crippen molar-refractivity contribution < 1.29 is 0 Å². The minimum absolute atomic E-state index is 1.10. The third-order valence-corrected chi connectivity index (χ3v) is 13.2. The monoisotopic (exact) mass is 869 g/mol. The fraction of sp³-hybridized carbons (Fsp3) is 0.0154. The first kappa shape index (κ1) is 40.6. The molecule has 0 bridgehead atoms. The minimum Gasteiger partial charge on any atom is -0.310 e. The van der Waals surface area contributed by atoms with Gasteiger partial charge >= 0.3 is 0 Å². The summed E-state index contributed by atoms with van der Waals surface area (Å²) in [7, 11) is 0. The Morgan fingerprint density at radius 2 is 0.765 bits per heavy atom. The van der Waals surface area contributed by atoms with E-state index in [1.807, 2.05) is 18.2 Å². The Morgan fingerprint density at radius 3 is 1.35 bits per heavy atom. The van der Waals surface area contributed by atoms with Gasteiger partial charge in [-0.3, -0.25) is 0 Å². The van der Waals surface area contributed by atoms with Gasteiger partial charge in [-0.2, -0.15) is 0 Å². The summed E-state index contributed by atoms with van der Waals surface area (Å²) in [5.41, 5.74) is 16.6. The van der Waals surface area contributed by atoms with Gasteiger partial charge in [0.15, 0.2) is 0 Å². The second-order valence-corrected chi connectivity index (χ2v) is 17.4. The average Bonchev–Trinajstić information content (AvgIpc) is 3.93. The maximum atomic E-state index is 2.48. The van der Waals surface area contributed by atoms with E-state index in [1.165, 1.54) is 82.2 Å². The van der Waals surface area contributed by atoms with E-state index >= 15 is 0 Å². The molecule has 0 aliphatic carbocycles. The van der Waals surface area contributed by atoms with Crippen molar-refractivity contribution in [1.29, 1.82) is 0 Å². The molecule has 0 aliphatic rings. The molecule has 2 aromatic heterocycles. The highest BCUT2D eigenvalue weighted by molar-refractivity contribution is 6.26. The normalized spacial score (nSPS) is 11.3. The average molecular weight is 870 g/mol. The first-order valence-corrected chi connectivity index (χ1v) is 23.3. The summed E-state index contributed by atoms with van der Waals surface area (Å²) in [6.45, 7) is 2.08. The topological polar surface area (TPSA) is 13.1 Å². The lowest BCUT2D eigenvalue weighted by Crippen LogP contribution is -2.09. The van der Waals surface area contributed by atoms with Crippen molar-refractivity contribution in [3.63, 3.8) is 0 Å². The highest BCUT2D eigenvalue weighted by Crippen LogP contribution is 2.43. The smallest absolute Gasteiger partial charge is 0.0641 e. The van der Waals surface area contributed by atoms with Gasteiger partial charge in [-0.05, 0) is 119 Å². The van der Waals surface area contributed by atoms with Crippen LogP contribution in [0.25, 0.3) is 88.0 Å². The van der Waals surface area contributed by atoms with Gasteiger partial charge in [0.05, 0.1) is 22.1 Å². The largest absolute Gasteiger partial charge is 0.310 e. The molecule has 0 atom stereocenters. The Hall–Kier alpha value is -8.92. The van der Waals surface area contributed by atoms with E-state index in [9.17, 15) is 0 Å². The summed E-state index contributed by atoms with van der Waals surface area (Å²) in [5.74, 6) is 0. The molecule has 322 valence electrons. The Labute approximate surface area is 396 Å². The van der Waals surface area contributed by atoms with Crippen molar-refractivity contribution in [2.45, 2.75) is 6.92 Å². The predicted molar refractivity (Wildman–Crippen MR) is 289 cm³/mol. The van der Waals surface area contributed by atoms with Crippen molar-refractivity contribution in [1.82, 2.24) is 9.13 Å². The number of benzene rings is 11. The Balaban J connectivity index is 0.000000632. The number of fused-ring (bicyclic) bond motifs is 8. The van der Waals surface area contributed by atoms with Crippen LogP contribution in [0.1, 0.15) is 5.56 Å². The van der Waals surface area contributed by atoms with Gasteiger partial charge in [0.2, 0.25) is 0 Å². The lowest BCUT2D eigenvalue weighted by molar-refractivity contribution is 1.18. The van der Waals surface area contributed by atoms with Gasteiger partial charge in [0.25, 0.3) is 0 Å². The quantitative estimate of drug-likeness (QED) is 0.156. The molecule has 0 saturated carbocycles. The van der Waals surface area contributed by atoms with Crippen molar-refractivity contribution in [2.24, 2.45) is 0 Å². The maximum absolute atomic E-state index is 2.48. The molecule has 11 aromatic carbocycles. The van der Waals surface area contributed by atoms with Crippen LogP contribution in [-0.4, -0.2) is 9.13 Å². The molecule has 0 saturated heterocycles. The fourth-order valence-corrected chi connectivity index (χ4v) is 9.98. The van der Waals surface area contributed by atoms with E-state index in [4.69, 9.17) is 0 Å². The summed E-state index contributed by atoms with van der Waals surface area (Å²) in [6, 6.07) is 96.1. The molecule has 3 nitrogen and oxygen atoms in total. The summed E-state index contributed by atoms with van der Waals surface area (Å²) in [6.07, 6.45) is 0. The number of hydrogen-bond donors (Lipinski definition) is 0. The minimum atomic E-state index is 1.10. The first-order chi connectivity index (χ1) is 33.7.